The maximum absolute atomic E-state index is 8.04. The third-order valence-electron chi connectivity index (χ3n) is 12.4. The number of hydrogen-bond donors (Lipinski definition) is 4. The van der Waals surface area contributed by atoms with E-state index in [1.807, 2.05) is 62.3 Å². The maximum Gasteiger partial charge on any atom is 0.0856 e. The zero-order valence-corrected chi connectivity index (χ0v) is 43.9. The molecule has 0 bridgehead atoms. The van der Waals surface area contributed by atoms with E-state index in [1.165, 1.54) is 90.7 Å². The first-order valence-electron chi connectivity index (χ1n) is 23.5. The third-order valence-corrected chi connectivity index (χ3v) is 12.4. The van der Waals surface area contributed by atoms with Crippen molar-refractivity contribution in [1.29, 1.82) is 21.6 Å². The largest absolute Gasteiger partial charge is 0.303 e. The summed E-state index contributed by atoms with van der Waals surface area (Å²) in [6, 6.07) is 0. The van der Waals surface area contributed by atoms with E-state index < -0.39 is 0 Å². The van der Waals surface area contributed by atoms with Crippen molar-refractivity contribution in [2.45, 2.75) is 189 Å². The number of fused-ring (bicyclic) bond motifs is 2. The highest BCUT2D eigenvalue weighted by Crippen LogP contribution is 2.32. The Kier molecular flexibility index (Phi) is 29.4. The van der Waals surface area contributed by atoms with Crippen molar-refractivity contribution in [1.82, 2.24) is 0 Å². The lowest BCUT2D eigenvalue weighted by Gasteiger charge is -2.26. The number of nitrogens with one attached hydrogen (secondary N) is 4. The summed E-state index contributed by atoms with van der Waals surface area (Å²) in [7, 11) is 7.11. The molecular formula is C54H90N8. The molecule has 62 heavy (non-hydrogen) atoms. The topological polar surface area (TPSA) is 145 Å². The van der Waals surface area contributed by atoms with Crippen molar-refractivity contribution in [3.8, 4) is 0 Å². The van der Waals surface area contributed by atoms with Gasteiger partial charge in [-0.05, 0) is 187 Å². The predicted molar refractivity (Wildman–Crippen MR) is 281 cm³/mol. The van der Waals surface area contributed by atoms with Crippen molar-refractivity contribution >= 4 is 45.7 Å². The van der Waals surface area contributed by atoms with Crippen LogP contribution in [-0.2, 0) is 19.3 Å². The smallest absolute Gasteiger partial charge is 0.0856 e. The van der Waals surface area contributed by atoms with E-state index in [9.17, 15) is 0 Å². The van der Waals surface area contributed by atoms with Crippen LogP contribution in [0.2, 0.25) is 0 Å². The number of rotatable bonds is 0. The summed E-state index contributed by atoms with van der Waals surface area (Å²) >= 11 is 0. The minimum absolute atomic E-state index is 0.686. The molecule has 1 fully saturated rings. The Labute approximate surface area is 380 Å². The lowest BCUT2D eigenvalue weighted by molar-refractivity contribution is 0.773. The lowest BCUT2D eigenvalue weighted by atomic mass is 9.79. The first kappa shape index (κ1) is 59.6. The second kappa shape index (κ2) is 30.6. The molecule has 0 radical (unpaired) electrons. The van der Waals surface area contributed by atoms with Gasteiger partial charge in [0.2, 0.25) is 0 Å². The van der Waals surface area contributed by atoms with Crippen LogP contribution in [0.5, 0.6) is 0 Å². The van der Waals surface area contributed by atoms with Crippen LogP contribution in [0.1, 0.15) is 181 Å². The molecule has 0 atom stereocenters. The quantitative estimate of drug-likeness (QED) is 0.200. The molecule has 4 aliphatic rings. The van der Waals surface area contributed by atoms with E-state index in [1.54, 1.807) is 28.2 Å². The third kappa shape index (κ3) is 15.1. The molecule has 0 aliphatic heterocycles. The molecule has 2 aromatic carbocycles. The molecule has 6 rings (SSSR count). The monoisotopic (exact) mass is 851 g/mol. The Morgan fingerprint density at radius 2 is 0.742 bits per heavy atom. The Hall–Kier alpha value is -4.46. The molecule has 8 heteroatoms. The van der Waals surface area contributed by atoms with Gasteiger partial charge in [0, 0.05) is 46.6 Å². The van der Waals surface area contributed by atoms with Gasteiger partial charge in [-0.1, -0.05) is 61.0 Å². The molecule has 4 N–H and O–H groups in total. The summed E-state index contributed by atoms with van der Waals surface area (Å²) in [5, 5.41) is 31.1. The molecule has 1 saturated carbocycles. The van der Waals surface area contributed by atoms with Crippen LogP contribution in [0.15, 0.2) is 31.1 Å². The molecule has 0 amide bonds. The Morgan fingerprint density at radius 3 is 1.16 bits per heavy atom. The summed E-state index contributed by atoms with van der Waals surface area (Å²) < 4.78 is 0. The number of allylic oxidation sites excluding steroid dienone is 2. The van der Waals surface area contributed by atoms with Crippen LogP contribution in [0.3, 0.4) is 0 Å². The molecule has 0 unspecified atom stereocenters. The van der Waals surface area contributed by atoms with Crippen LogP contribution in [0.25, 0.3) is 0 Å². The lowest BCUT2D eigenvalue weighted by Crippen LogP contribution is -2.27. The highest BCUT2D eigenvalue weighted by atomic mass is 14.7. The highest BCUT2D eigenvalue weighted by molar-refractivity contribution is 6.49. The molecule has 0 spiro atoms. The summed E-state index contributed by atoms with van der Waals surface area (Å²) in [4.78, 5) is 16.7. The van der Waals surface area contributed by atoms with Gasteiger partial charge in [0.05, 0.1) is 45.7 Å². The summed E-state index contributed by atoms with van der Waals surface area (Å²) in [6.45, 7) is 37.6. The molecule has 0 saturated heterocycles. The van der Waals surface area contributed by atoms with Gasteiger partial charge in [0.1, 0.15) is 0 Å². The van der Waals surface area contributed by atoms with Crippen LogP contribution in [0.4, 0.5) is 0 Å². The fraction of sp³-hybridized carbons (Fsp3) is 0.593. The van der Waals surface area contributed by atoms with Gasteiger partial charge in [-0.2, -0.15) is 0 Å². The molecule has 8 nitrogen and oxygen atoms in total. The van der Waals surface area contributed by atoms with Gasteiger partial charge in [0.15, 0.2) is 0 Å². The van der Waals surface area contributed by atoms with Gasteiger partial charge < -0.3 is 21.6 Å². The SMILES string of the molecule is CC.CC.CC.CC.CN=C1C(=N)CCC(C)=C1C.CN=C1C(=N)CCc2c(C)c(C)c(C)c(C)c21.CN=C1CCCCC1=N.CN=C1Cc2c(C)c(C)c(C)c(C)c2CC1=N. The Bertz CT molecular complexity index is 2010. The van der Waals surface area contributed by atoms with E-state index in [2.05, 4.69) is 82.3 Å². The average molecular weight is 851 g/mol. The molecule has 0 heterocycles. The summed E-state index contributed by atoms with van der Waals surface area (Å²) in [5.41, 5.74) is 25.5. The van der Waals surface area contributed by atoms with Gasteiger partial charge in [-0.3, -0.25) is 20.0 Å². The van der Waals surface area contributed by atoms with Crippen molar-refractivity contribution < 1.29 is 0 Å². The van der Waals surface area contributed by atoms with Crippen LogP contribution in [0, 0.1) is 77.0 Å². The first-order chi connectivity index (χ1) is 29.5. The molecular weight excluding hydrogens is 761 g/mol. The first-order valence-corrected chi connectivity index (χ1v) is 23.5. The molecule has 346 valence electrons. The minimum Gasteiger partial charge on any atom is -0.303 e. The minimum atomic E-state index is 0.686. The van der Waals surface area contributed by atoms with Gasteiger partial charge in [0.25, 0.3) is 0 Å². The summed E-state index contributed by atoms with van der Waals surface area (Å²) in [6.07, 6.45) is 9.63. The normalized spacial score (nSPS) is 17.7. The standard InChI is InChI=1S/2C15H20N2.C9H14N2.C7H12N2.4C2H6/c1-8-9(2)11(4)13-7-15(17-5)14(16)6-12(13)10(8)3;1-8-9(2)11(4)14-12(10(8)3)6-7-13(16)15(14)17-5;1-6-4-5-8(10)9(11-3)7(6)2;1-9-7-5-3-2-4-6(7)8;4*1-2/h2*16H,6-7H2,1-5H3;10H,4-5H2,1-3H3;8H,2-5H2,1H3;4*1-2H3. The zero-order chi connectivity index (χ0) is 48.6. The Balaban J connectivity index is 0. The van der Waals surface area contributed by atoms with Crippen LogP contribution >= 0.6 is 0 Å². The fourth-order valence-electron chi connectivity index (χ4n) is 7.99. The van der Waals surface area contributed by atoms with E-state index in [4.69, 9.17) is 21.6 Å². The number of hydrogen-bond acceptors (Lipinski definition) is 8. The van der Waals surface area contributed by atoms with E-state index in [0.717, 1.165) is 79.9 Å². The average Bonchev–Trinajstić information content (AvgIpc) is 3.30. The molecule has 0 aromatic heterocycles. The second-order valence-corrected chi connectivity index (χ2v) is 15.2. The van der Waals surface area contributed by atoms with Crippen molar-refractivity contribution in [3.63, 3.8) is 0 Å². The second-order valence-electron chi connectivity index (χ2n) is 15.2. The predicted octanol–water partition coefficient (Wildman–Crippen LogP) is 14.4. The number of aliphatic imine (C=N–C) groups is 4. The Morgan fingerprint density at radius 1 is 0.339 bits per heavy atom. The van der Waals surface area contributed by atoms with Crippen LogP contribution in [-0.4, -0.2) is 73.9 Å². The molecule has 4 aliphatic carbocycles. The van der Waals surface area contributed by atoms with E-state index in [-0.39, 0.29) is 0 Å². The highest BCUT2D eigenvalue weighted by Gasteiger charge is 2.26. The van der Waals surface area contributed by atoms with Gasteiger partial charge in [-0.25, -0.2) is 0 Å². The van der Waals surface area contributed by atoms with Crippen molar-refractivity contribution in [2.24, 2.45) is 20.0 Å². The number of benzene rings is 2. The maximum atomic E-state index is 8.04. The fourth-order valence-corrected chi connectivity index (χ4v) is 7.99. The van der Waals surface area contributed by atoms with Crippen molar-refractivity contribution in [3.05, 3.63) is 77.9 Å². The van der Waals surface area contributed by atoms with E-state index in [0.29, 0.717) is 17.1 Å². The van der Waals surface area contributed by atoms with Crippen molar-refractivity contribution in [2.75, 3.05) is 28.2 Å². The summed E-state index contributed by atoms with van der Waals surface area (Å²) in [5.74, 6) is 0. The zero-order valence-electron chi connectivity index (χ0n) is 43.9. The van der Waals surface area contributed by atoms with E-state index >= 15 is 0 Å². The number of nitrogens with zero attached hydrogens (tertiary/aromatic N) is 4. The van der Waals surface area contributed by atoms with Gasteiger partial charge >= 0.3 is 0 Å². The molecule has 2 aromatic rings. The van der Waals surface area contributed by atoms with Crippen LogP contribution < -0.4 is 0 Å². The van der Waals surface area contributed by atoms with Gasteiger partial charge in [-0.15, -0.1) is 0 Å².